The Kier molecular flexibility index (Phi) is 5.01. The molecule has 104 valence electrons. The Hall–Kier alpha value is -2.01. The minimum atomic E-state index is -0.986. The van der Waals surface area contributed by atoms with E-state index in [2.05, 4.69) is 22.1 Å². The molecule has 0 unspecified atom stereocenters. The Labute approximate surface area is 121 Å². The number of carboxylic acids is 1. The topological polar surface area (TPSA) is 62.5 Å². The number of benzene rings is 1. The molecule has 2 aromatic rings. The van der Waals surface area contributed by atoms with E-state index in [1.807, 2.05) is 25.3 Å². The van der Waals surface area contributed by atoms with Crippen LogP contribution in [0.15, 0.2) is 34.6 Å². The highest BCUT2D eigenvalue weighted by Gasteiger charge is 2.09. The van der Waals surface area contributed by atoms with Gasteiger partial charge in [-0.15, -0.1) is 11.3 Å². The lowest BCUT2D eigenvalue weighted by Gasteiger charge is -2.01. The molecule has 0 saturated heterocycles. The van der Waals surface area contributed by atoms with Crippen LogP contribution >= 0.6 is 11.3 Å². The minimum absolute atomic E-state index is 0.103. The summed E-state index contributed by atoms with van der Waals surface area (Å²) in [4.78, 5) is 19.1. The number of aryl methyl sites for hydroxylation is 1. The third-order valence-electron chi connectivity index (χ3n) is 2.86. The molecule has 1 heterocycles. The van der Waals surface area contributed by atoms with Crippen LogP contribution < -0.4 is 0 Å². The summed E-state index contributed by atoms with van der Waals surface area (Å²) < 4.78 is 0. The third kappa shape index (κ3) is 3.74. The first-order valence-corrected chi connectivity index (χ1v) is 7.31. The van der Waals surface area contributed by atoms with E-state index in [9.17, 15) is 4.79 Å². The quantitative estimate of drug-likeness (QED) is 0.653. The summed E-state index contributed by atoms with van der Waals surface area (Å²) in [7, 11) is 0. The Balaban J connectivity index is 2.01. The van der Waals surface area contributed by atoms with Crippen molar-refractivity contribution >= 4 is 23.5 Å². The highest BCUT2D eigenvalue weighted by atomic mass is 32.1. The molecule has 5 heteroatoms. The highest BCUT2D eigenvalue weighted by molar-refractivity contribution is 7.13. The fourth-order valence-electron chi connectivity index (χ4n) is 1.82. The van der Waals surface area contributed by atoms with Gasteiger partial charge in [-0.05, 0) is 31.5 Å². The number of carboxylic acid groups (broad SMARTS) is 1. The number of hydrogen-bond donors (Lipinski definition) is 1. The van der Waals surface area contributed by atoms with Crippen LogP contribution in [0.1, 0.15) is 29.4 Å². The first kappa shape index (κ1) is 14.4. The number of aromatic carboxylic acids is 1. The van der Waals surface area contributed by atoms with Gasteiger partial charge < -0.3 is 5.11 Å². The summed E-state index contributed by atoms with van der Waals surface area (Å²) >= 11 is 1.35. The smallest absolute Gasteiger partial charge is 0.355 e. The third-order valence-corrected chi connectivity index (χ3v) is 3.75. The lowest BCUT2D eigenvalue weighted by Crippen LogP contribution is -1.95. The fourth-order valence-corrected chi connectivity index (χ4v) is 2.62. The summed E-state index contributed by atoms with van der Waals surface area (Å²) in [6, 6.07) is 8.10. The van der Waals surface area contributed by atoms with Crippen LogP contribution in [0.3, 0.4) is 0 Å². The minimum Gasteiger partial charge on any atom is -0.476 e. The standard InChI is InChI=1S/C15H16N2O2S/c1-2-16-9-3-4-11-5-7-12(8-6-11)14-17-13(10-20-14)15(18)19/h2,5-8,10H,3-4,9H2,1H3,(H,18,19)/b16-2+. The van der Waals surface area contributed by atoms with Crippen molar-refractivity contribution in [3.8, 4) is 10.6 Å². The van der Waals surface area contributed by atoms with E-state index < -0.39 is 5.97 Å². The molecule has 4 nitrogen and oxygen atoms in total. The number of nitrogens with zero attached hydrogens (tertiary/aromatic N) is 2. The SMILES string of the molecule is C/C=N/CCCc1ccc(-c2nc(C(=O)O)cs2)cc1. The molecule has 0 spiro atoms. The first-order chi connectivity index (χ1) is 9.70. The van der Waals surface area contributed by atoms with Crippen LogP contribution in [-0.2, 0) is 6.42 Å². The molecule has 0 aliphatic heterocycles. The van der Waals surface area contributed by atoms with Crippen molar-refractivity contribution in [3.05, 3.63) is 40.9 Å². The van der Waals surface area contributed by atoms with Crippen molar-refractivity contribution < 1.29 is 9.90 Å². The highest BCUT2D eigenvalue weighted by Crippen LogP contribution is 2.24. The monoisotopic (exact) mass is 288 g/mol. The van der Waals surface area contributed by atoms with Crippen LogP contribution in [0.2, 0.25) is 0 Å². The summed E-state index contributed by atoms with van der Waals surface area (Å²) in [6.07, 6.45) is 3.85. The molecular formula is C15H16N2O2S. The molecule has 0 saturated carbocycles. The average molecular weight is 288 g/mol. The predicted molar refractivity (Wildman–Crippen MR) is 81.9 cm³/mol. The fraction of sp³-hybridized carbons (Fsp3) is 0.267. The van der Waals surface area contributed by atoms with Crippen LogP contribution in [0.25, 0.3) is 10.6 Å². The summed E-state index contributed by atoms with van der Waals surface area (Å²) in [5, 5.41) is 11.2. The second kappa shape index (κ2) is 6.96. The molecule has 0 aliphatic carbocycles. The van der Waals surface area contributed by atoms with Crippen molar-refractivity contribution in [1.82, 2.24) is 4.98 Å². The Morgan fingerprint density at radius 1 is 1.40 bits per heavy atom. The summed E-state index contributed by atoms with van der Waals surface area (Å²) in [5.41, 5.74) is 2.32. The number of thiazole rings is 1. The molecule has 1 aromatic heterocycles. The normalized spacial score (nSPS) is 11.1. The van der Waals surface area contributed by atoms with E-state index in [-0.39, 0.29) is 5.69 Å². The van der Waals surface area contributed by atoms with Crippen LogP contribution in [0.5, 0.6) is 0 Å². The van der Waals surface area contributed by atoms with Crippen LogP contribution in [0, 0.1) is 0 Å². The molecule has 0 fully saturated rings. The van der Waals surface area contributed by atoms with E-state index in [0.29, 0.717) is 0 Å². The Morgan fingerprint density at radius 3 is 2.75 bits per heavy atom. The van der Waals surface area contributed by atoms with Gasteiger partial charge in [-0.25, -0.2) is 9.78 Å². The van der Waals surface area contributed by atoms with Gasteiger partial charge in [-0.3, -0.25) is 4.99 Å². The molecule has 0 aliphatic rings. The van der Waals surface area contributed by atoms with Crippen LogP contribution in [-0.4, -0.2) is 28.8 Å². The zero-order chi connectivity index (χ0) is 14.4. The zero-order valence-corrected chi connectivity index (χ0v) is 12.1. The molecule has 0 bridgehead atoms. The van der Waals surface area contributed by atoms with Gasteiger partial charge in [0.15, 0.2) is 5.69 Å². The summed E-state index contributed by atoms with van der Waals surface area (Å²) in [5.74, 6) is -0.986. The van der Waals surface area contributed by atoms with Gasteiger partial charge in [-0.2, -0.15) is 0 Å². The lowest BCUT2D eigenvalue weighted by atomic mass is 10.1. The van der Waals surface area contributed by atoms with Crippen molar-refractivity contribution in [2.24, 2.45) is 4.99 Å². The van der Waals surface area contributed by atoms with Gasteiger partial charge in [-0.1, -0.05) is 24.3 Å². The second-order valence-electron chi connectivity index (χ2n) is 4.31. The maximum atomic E-state index is 10.8. The predicted octanol–water partition coefficient (Wildman–Crippen LogP) is 3.53. The second-order valence-corrected chi connectivity index (χ2v) is 5.17. The molecular weight excluding hydrogens is 272 g/mol. The number of hydrogen-bond acceptors (Lipinski definition) is 4. The maximum Gasteiger partial charge on any atom is 0.355 e. The van der Waals surface area contributed by atoms with Gasteiger partial charge in [0, 0.05) is 17.5 Å². The number of rotatable bonds is 6. The van der Waals surface area contributed by atoms with E-state index >= 15 is 0 Å². The van der Waals surface area contributed by atoms with Gasteiger partial charge in [0.05, 0.1) is 0 Å². The molecule has 20 heavy (non-hydrogen) atoms. The van der Waals surface area contributed by atoms with E-state index in [1.165, 1.54) is 16.9 Å². The number of aromatic nitrogens is 1. The number of aliphatic imine (C=N–C) groups is 1. The van der Waals surface area contributed by atoms with Crippen molar-refractivity contribution in [1.29, 1.82) is 0 Å². The first-order valence-electron chi connectivity index (χ1n) is 6.43. The molecule has 2 rings (SSSR count). The zero-order valence-electron chi connectivity index (χ0n) is 11.2. The van der Waals surface area contributed by atoms with Crippen LogP contribution in [0.4, 0.5) is 0 Å². The maximum absolute atomic E-state index is 10.8. The molecule has 1 aromatic carbocycles. The van der Waals surface area contributed by atoms with Crippen molar-refractivity contribution in [3.63, 3.8) is 0 Å². The summed E-state index contributed by atoms with van der Waals surface area (Å²) in [6.45, 7) is 2.78. The van der Waals surface area contributed by atoms with Gasteiger partial charge >= 0.3 is 5.97 Å². The van der Waals surface area contributed by atoms with Gasteiger partial charge in [0.25, 0.3) is 0 Å². The Morgan fingerprint density at radius 2 is 2.15 bits per heavy atom. The molecule has 0 atom stereocenters. The van der Waals surface area contributed by atoms with Gasteiger partial charge in [0.1, 0.15) is 5.01 Å². The van der Waals surface area contributed by atoms with Gasteiger partial charge in [0.2, 0.25) is 0 Å². The largest absolute Gasteiger partial charge is 0.476 e. The lowest BCUT2D eigenvalue weighted by molar-refractivity contribution is 0.0691. The van der Waals surface area contributed by atoms with E-state index in [1.54, 1.807) is 5.38 Å². The average Bonchev–Trinajstić information content (AvgIpc) is 2.94. The molecule has 0 radical (unpaired) electrons. The molecule has 0 amide bonds. The number of carbonyl (C=O) groups is 1. The Bertz CT molecular complexity index is 603. The van der Waals surface area contributed by atoms with Crippen molar-refractivity contribution in [2.45, 2.75) is 19.8 Å². The van der Waals surface area contributed by atoms with E-state index in [0.717, 1.165) is 30.0 Å². The van der Waals surface area contributed by atoms with Crippen molar-refractivity contribution in [2.75, 3.05) is 6.54 Å². The van der Waals surface area contributed by atoms with E-state index in [4.69, 9.17) is 5.11 Å². The molecule has 1 N–H and O–H groups in total.